The second kappa shape index (κ2) is 12.0. The molecule has 3 aromatic rings. The van der Waals surface area contributed by atoms with Crippen LogP contribution in [0.1, 0.15) is 33.4 Å². The summed E-state index contributed by atoms with van der Waals surface area (Å²) in [5.41, 5.74) is 12.4. The molecule has 3 rings (SSSR count). The minimum atomic E-state index is -1.47. The van der Waals surface area contributed by atoms with Crippen molar-refractivity contribution in [1.29, 1.82) is 0 Å². The fourth-order valence-electron chi connectivity index (χ4n) is 2.92. The molecule has 0 saturated heterocycles. The summed E-state index contributed by atoms with van der Waals surface area (Å²) >= 11 is 7.32. The summed E-state index contributed by atoms with van der Waals surface area (Å²) in [6, 6.07) is 20.1. The predicted molar refractivity (Wildman–Crippen MR) is 167 cm³/mol. The predicted octanol–water partition coefficient (Wildman–Crippen LogP) is 8.47. The Hall–Kier alpha value is -2.71. The maximum atomic E-state index is 3.66. The lowest BCUT2D eigenvalue weighted by Gasteiger charge is -2.04. The molecule has 0 atom stereocenters. The van der Waals surface area contributed by atoms with Gasteiger partial charge in [0.2, 0.25) is 0 Å². The average molecular weight is 629 g/mol. The first-order valence-corrected chi connectivity index (χ1v) is 20.3. The smallest absolute Gasteiger partial charge is 0.127 e. The van der Waals surface area contributed by atoms with Gasteiger partial charge in [-0.1, -0.05) is 99.1 Å². The lowest BCUT2D eigenvalue weighted by molar-refractivity contribution is 1.50. The van der Waals surface area contributed by atoms with Crippen LogP contribution in [-0.4, -0.2) is 16.1 Å². The van der Waals surface area contributed by atoms with E-state index in [2.05, 4.69) is 118 Å². The molecule has 0 aliphatic rings. The zero-order valence-corrected chi connectivity index (χ0v) is 26.7. The number of benzene rings is 3. The Bertz CT molecular complexity index is 1420. The van der Waals surface area contributed by atoms with Crippen LogP contribution in [0, 0.1) is 46.6 Å². The normalized spacial score (nSPS) is 10.4. The Morgan fingerprint density at radius 3 is 1.08 bits per heavy atom. The van der Waals surface area contributed by atoms with Gasteiger partial charge in [-0.2, -0.15) is 0 Å². The Morgan fingerprint density at radius 2 is 0.750 bits per heavy atom. The first-order chi connectivity index (χ1) is 16.9. The van der Waals surface area contributed by atoms with Crippen LogP contribution in [0.25, 0.3) is 0 Å². The number of halogens is 2. The van der Waals surface area contributed by atoms with E-state index in [1.165, 1.54) is 0 Å². The standard InChI is InChI=1S/C32H28Br2Si2/c1-35(2,3)21-19-27-13-9-7-11-25(27)15-17-29-23-30(32(34)24-31(29)33)18-16-26-12-8-10-14-28(26)20-22-36(4,5)6/h7-14,23-24H,1-6H3. The molecule has 178 valence electrons. The molecule has 0 nitrogen and oxygen atoms in total. The molecule has 0 saturated carbocycles. The Labute approximate surface area is 235 Å². The first-order valence-electron chi connectivity index (χ1n) is 11.7. The zero-order valence-electron chi connectivity index (χ0n) is 21.5. The quantitative estimate of drug-likeness (QED) is 0.173. The molecule has 0 heterocycles. The third kappa shape index (κ3) is 8.75. The second-order valence-electron chi connectivity index (χ2n) is 10.4. The zero-order chi connectivity index (χ0) is 26.3. The van der Waals surface area contributed by atoms with E-state index in [1.54, 1.807) is 0 Å². The van der Waals surface area contributed by atoms with Crippen molar-refractivity contribution in [3.05, 3.63) is 103 Å². The van der Waals surface area contributed by atoms with Crippen molar-refractivity contribution in [2.45, 2.75) is 39.3 Å². The van der Waals surface area contributed by atoms with Crippen LogP contribution in [-0.2, 0) is 0 Å². The lowest BCUT2D eigenvalue weighted by atomic mass is 10.1. The highest BCUT2D eigenvalue weighted by atomic mass is 79.9. The van der Waals surface area contributed by atoms with Crippen molar-refractivity contribution >= 4 is 48.0 Å². The van der Waals surface area contributed by atoms with Gasteiger partial charge < -0.3 is 0 Å². The van der Waals surface area contributed by atoms with Gasteiger partial charge in [0.1, 0.15) is 16.1 Å². The topological polar surface area (TPSA) is 0 Å². The van der Waals surface area contributed by atoms with E-state index in [9.17, 15) is 0 Å². The minimum absolute atomic E-state index is 0.877. The number of hydrogen-bond acceptors (Lipinski definition) is 0. The fraction of sp³-hybridized carbons (Fsp3) is 0.188. The van der Waals surface area contributed by atoms with Crippen molar-refractivity contribution < 1.29 is 0 Å². The van der Waals surface area contributed by atoms with E-state index in [0.717, 1.165) is 42.3 Å². The molecule has 0 N–H and O–H groups in total. The summed E-state index contributed by atoms with van der Waals surface area (Å²) in [6.07, 6.45) is 0. The molecule has 3 aromatic carbocycles. The van der Waals surface area contributed by atoms with E-state index in [0.29, 0.717) is 0 Å². The highest BCUT2D eigenvalue weighted by Crippen LogP contribution is 2.25. The Morgan fingerprint density at radius 1 is 0.444 bits per heavy atom. The summed E-state index contributed by atoms with van der Waals surface area (Å²) in [6.45, 7) is 13.5. The largest absolute Gasteiger partial charge is 0.129 e. The highest BCUT2D eigenvalue weighted by molar-refractivity contribution is 9.11. The van der Waals surface area contributed by atoms with E-state index < -0.39 is 16.1 Å². The van der Waals surface area contributed by atoms with Crippen LogP contribution in [0.5, 0.6) is 0 Å². The molecule has 4 heteroatoms. The van der Waals surface area contributed by atoms with Gasteiger partial charge in [0, 0.05) is 42.3 Å². The molecule has 0 amide bonds. The summed E-state index contributed by atoms with van der Waals surface area (Å²) in [5.74, 6) is 20.0. The van der Waals surface area contributed by atoms with Crippen molar-refractivity contribution in [2.75, 3.05) is 0 Å². The van der Waals surface area contributed by atoms with Crippen LogP contribution < -0.4 is 0 Å². The maximum absolute atomic E-state index is 3.66. The van der Waals surface area contributed by atoms with Crippen molar-refractivity contribution in [2.24, 2.45) is 0 Å². The first kappa shape index (κ1) is 27.9. The van der Waals surface area contributed by atoms with Gasteiger partial charge in [0.25, 0.3) is 0 Å². The van der Waals surface area contributed by atoms with Crippen molar-refractivity contribution in [3.8, 4) is 46.6 Å². The van der Waals surface area contributed by atoms with Gasteiger partial charge in [-0.3, -0.25) is 0 Å². The summed E-state index contributed by atoms with van der Waals surface area (Å²) in [7, 11) is -2.94. The Kier molecular flexibility index (Phi) is 9.31. The SMILES string of the molecule is C[Si](C)(C)C#Cc1ccccc1C#Cc1cc(C#Cc2ccccc2C#C[Si](C)(C)C)c(Br)cc1Br. The van der Waals surface area contributed by atoms with Gasteiger partial charge >= 0.3 is 0 Å². The molecule has 0 aliphatic heterocycles. The van der Waals surface area contributed by atoms with Gasteiger partial charge in [-0.05, 0) is 68.3 Å². The van der Waals surface area contributed by atoms with Gasteiger partial charge in [0.05, 0.1) is 0 Å². The Balaban J connectivity index is 1.99. The van der Waals surface area contributed by atoms with E-state index in [1.807, 2.05) is 60.7 Å². The molecule has 36 heavy (non-hydrogen) atoms. The van der Waals surface area contributed by atoms with Crippen molar-refractivity contribution in [1.82, 2.24) is 0 Å². The molecular formula is C32H28Br2Si2. The summed E-state index contributed by atoms with van der Waals surface area (Å²) in [4.78, 5) is 0. The third-order valence-corrected chi connectivity index (χ3v) is 7.78. The molecule has 0 radical (unpaired) electrons. The average Bonchev–Trinajstić information content (AvgIpc) is 2.80. The van der Waals surface area contributed by atoms with Crippen LogP contribution in [0.4, 0.5) is 0 Å². The molecule has 0 bridgehead atoms. The molecule has 0 spiro atoms. The van der Waals surface area contributed by atoms with Crippen LogP contribution in [0.15, 0.2) is 69.6 Å². The fourth-order valence-corrected chi connectivity index (χ4v) is 5.13. The van der Waals surface area contributed by atoms with Crippen molar-refractivity contribution in [3.63, 3.8) is 0 Å². The number of hydrogen-bond donors (Lipinski definition) is 0. The van der Waals surface area contributed by atoms with Gasteiger partial charge in [-0.15, -0.1) is 11.1 Å². The molecule has 0 aliphatic carbocycles. The number of rotatable bonds is 0. The highest BCUT2D eigenvalue weighted by Gasteiger charge is 2.09. The second-order valence-corrected chi connectivity index (χ2v) is 21.6. The van der Waals surface area contributed by atoms with Gasteiger partial charge in [0.15, 0.2) is 0 Å². The van der Waals surface area contributed by atoms with Gasteiger partial charge in [-0.25, -0.2) is 0 Å². The summed E-state index contributed by atoms with van der Waals surface area (Å²) in [5, 5.41) is 0. The van der Waals surface area contributed by atoms with E-state index in [-0.39, 0.29) is 0 Å². The lowest BCUT2D eigenvalue weighted by Crippen LogP contribution is -2.16. The molecular weight excluding hydrogens is 600 g/mol. The maximum Gasteiger partial charge on any atom is 0.129 e. The van der Waals surface area contributed by atoms with Crippen LogP contribution in [0.2, 0.25) is 39.3 Å². The third-order valence-electron chi connectivity index (χ3n) is 4.72. The van der Waals surface area contributed by atoms with Crippen LogP contribution >= 0.6 is 31.9 Å². The molecule has 0 aromatic heterocycles. The molecule has 0 fully saturated rings. The van der Waals surface area contributed by atoms with Crippen LogP contribution in [0.3, 0.4) is 0 Å². The monoisotopic (exact) mass is 626 g/mol. The molecule has 0 unspecified atom stereocenters. The van der Waals surface area contributed by atoms with E-state index >= 15 is 0 Å². The summed E-state index contributed by atoms with van der Waals surface area (Å²) < 4.78 is 1.83. The minimum Gasteiger partial charge on any atom is -0.127 e. The van der Waals surface area contributed by atoms with E-state index in [4.69, 9.17) is 0 Å².